The van der Waals surface area contributed by atoms with E-state index in [0.29, 0.717) is 0 Å². The predicted molar refractivity (Wildman–Crippen MR) is 71.4 cm³/mol. The largest absolute Gasteiger partial charge is 0.461 e. The third kappa shape index (κ3) is 7.64. The topological polar surface area (TPSA) is 26.3 Å². The number of carbonyl (C=O) groups is 1. The third-order valence-corrected chi connectivity index (χ3v) is 3.68. The van der Waals surface area contributed by atoms with Crippen molar-refractivity contribution in [1.29, 1.82) is 0 Å². The van der Waals surface area contributed by atoms with Crippen LogP contribution in [0.15, 0.2) is 0 Å². The third-order valence-electron chi connectivity index (χ3n) is 3.46. The molecule has 0 unspecified atom stereocenters. The van der Waals surface area contributed by atoms with Gasteiger partial charge in [-0.1, -0.05) is 44.9 Å². The van der Waals surface area contributed by atoms with Gasteiger partial charge in [-0.05, 0) is 25.7 Å². The molecule has 0 aliphatic heterocycles. The molecular formula is C14H25ClO2. The van der Waals surface area contributed by atoms with E-state index in [1.165, 1.54) is 57.8 Å². The molecule has 1 aliphatic rings. The average Bonchev–Trinajstić information content (AvgIpc) is 2.32. The maximum absolute atomic E-state index is 11.2. The molecule has 3 heteroatoms. The first-order valence-electron chi connectivity index (χ1n) is 7.08. The molecule has 0 spiro atoms. The second-order valence-electron chi connectivity index (χ2n) is 5.00. The van der Waals surface area contributed by atoms with E-state index >= 15 is 0 Å². The second-order valence-corrected chi connectivity index (χ2v) is 5.27. The first-order valence-corrected chi connectivity index (χ1v) is 7.62. The molecular weight excluding hydrogens is 236 g/mol. The summed E-state index contributed by atoms with van der Waals surface area (Å²) in [6.45, 7) is 0. The van der Waals surface area contributed by atoms with Crippen LogP contribution in [0.3, 0.4) is 0 Å². The van der Waals surface area contributed by atoms with Crippen molar-refractivity contribution in [2.75, 3.05) is 5.88 Å². The van der Waals surface area contributed by atoms with Crippen LogP contribution in [0.1, 0.15) is 70.6 Å². The molecule has 0 heterocycles. The second kappa shape index (κ2) is 9.76. The molecule has 0 aromatic rings. The lowest BCUT2D eigenvalue weighted by Crippen LogP contribution is -2.19. The summed E-state index contributed by atoms with van der Waals surface area (Å²) < 4.78 is 5.37. The van der Waals surface area contributed by atoms with Gasteiger partial charge in [-0.15, -0.1) is 11.6 Å². The van der Waals surface area contributed by atoms with E-state index in [9.17, 15) is 4.79 Å². The normalized spacial score (nSPS) is 21.2. The van der Waals surface area contributed by atoms with E-state index < -0.39 is 0 Å². The Morgan fingerprint density at radius 1 is 0.882 bits per heavy atom. The highest BCUT2D eigenvalue weighted by atomic mass is 35.5. The maximum atomic E-state index is 11.2. The van der Waals surface area contributed by atoms with E-state index in [2.05, 4.69) is 0 Å². The number of hydrogen-bond acceptors (Lipinski definition) is 2. The molecule has 0 amide bonds. The monoisotopic (exact) mass is 260 g/mol. The van der Waals surface area contributed by atoms with Gasteiger partial charge in [0.25, 0.3) is 0 Å². The standard InChI is InChI=1S/C14H25ClO2/c15-12-14(16)17-13-10-8-6-4-2-1-3-5-7-9-11-13/h13H,1-12H2. The first-order chi connectivity index (χ1) is 8.33. The van der Waals surface area contributed by atoms with Crippen molar-refractivity contribution in [3.8, 4) is 0 Å². The summed E-state index contributed by atoms with van der Waals surface area (Å²) in [6, 6.07) is 0. The molecule has 0 aromatic carbocycles. The first kappa shape index (κ1) is 14.8. The van der Waals surface area contributed by atoms with Crippen LogP contribution in [0.5, 0.6) is 0 Å². The van der Waals surface area contributed by atoms with Crippen molar-refractivity contribution in [2.45, 2.75) is 76.7 Å². The maximum Gasteiger partial charge on any atom is 0.321 e. The number of ether oxygens (including phenoxy) is 1. The fraction of sp³-hybridized carbons (Fsp3) is 0.929. The summed E-state index contributed by atoms with van der Waals surface area (Å²) in [5.74, 6) is -0.278. The fourth-order valence-corrected chi connectivity index (χ4v) is 2.52. The molecule has 17 heavy (non-hydrogen) atoms. The number of alkyl halides is 1. The molecule has 1 rings (SSSR count). The summed E-state index contributed by atoms with van der Waals surface area (Å²) in [7, 11) is 0. The van der Waals surface area contributed by atoms with E-state index in [1.807, 2.05) is 0 Å². The average molecular weight is 261 g/mol. The minimum absolute atomic E-state index is 0.0174. The van der Waals surface area contributed by atoms with Crippen molar-refractivity contribution in [1.82, 2.24) is 0 Å². The van der Waals surface area contributed by atoms with Gasteiger partial charge in [-0.3, -0.25) is 4.79 Å². The number of halogens is 1. The lowest BCUT2D eigenvalue weighted by molar-refractivity contribution is -0.146. The molecule has 0 N–H and O–H groups in total. The lowest BCUT2D eigenvalue weighted by atomic mass is 9.99. The summed E-state index contributed by atoms with van der Waals surface area (Å²) in [4.78, 5) is 11.2. The molecule has 1 saturated carbocycles. The highest BCUT2D eigenvalue weighted by Crippen LogP contribution is 2.18. The zero-order valence-electron chi connectivity index (χ0n) is 10.8. The van der Waals surface area contributed by atoms with Crippen LogP contribution in [0.2, 0.25) is 0 Å². The molecule has 2 nitrogen and oxygen atoms in total. The summed E-state index contributed by atoms with van der Waals surface area (Å²) in [5, 5.41) is 0. The van der Waals surface area contributed by atoms with Crippen molar-refractivity contribution >= 4 is 17.6 Å². The Bertz CT molecular complexity index is 194. The quantitative estimate of drug-likeness (QED) is 0.542. The number of esters is 1. The number of rotatable bonds is 2. The van der Waals surface area contributed by atoms with Gasteiger partial charge < -0.3 is 4.74 Å². The fourth-order valence-electron chi connectivity index (χ4n) is 2.46. The summed E-state index contributed by atoms with van der Waals surface area (Å²) >= 11 is 5.48. The van der Waals surface area contributed by atoms with Crippen LogP contribution in [0.4, 0.5) is 0 Å². The van der Waals surface area contributed by atoms with Crippen LogP contribution in [0, 0.1) is 0 Å². The minimum atomic E-state index is -0.260. The number of carbonyl (C=O) groups excluding carboxylic acids is 1. The molecule has 0 bridgehead atoms. The number of hydrogen-bond donors (Lipinski definition) is 0. The minimum Gasteiger partial charge on any atom is -0.461 e. The molecule has 0 aromatic heterocycles. The zero-order valence-corrected chi connectivity index (χ0v) is 11.5. The van der Waals surface area contributed by atoms with Crippen LogP contribution in [-0.4, -0.2) is 18.0 Å². The van der Waals surface area contributed by atoms with Crippen molar-refractivity contribution in [3.05, 3.63) is 0 Å². The van der Waals surface area contributed by atoms with Gasteiger partial charge in [-0.2, -0.15) is 0 Å². The van der Waals surface area contributed by atoms with Gasteiger partial charge >= 0.3 is 5.97 Å². The van der Waals surface area contributed by atoms with Gasteiger partial charge in [0.1, 0.15) is 12.0 Å². The Hall–Kier alpha value is -0.240. The van der Waals surface area contributed by atoms with Crippen LogP contribution >= 0.6 is 11.6 Å². The van der Waals surface area contributed by atoms with Crippen molar-refractivity contribution in [2.24, 2.45) is 0 Å². The zero-order chi connectivity index (χ0) is 12.3. The molecule has 0 atom stereocenters. The summed E-state index contributed by atoms with van der Waals surface area (Å²) in [6.07, 6.45) is 13.8. The highest BCUT2D eigenvalue weighted by Gasteiger charge is 2.13. The van der Waals surface area contributed by atoms with Crippen molar-refractivity contribution < 1.29 is 9.53 Å². The van der Waals surface area contributed by atoms with Gasteiger partial charge in [0.2, 0.25) is 0 Å². The van der Waals surface area contributed by atoms with Crippen LogP contribution in [-0.2, 0) is 9.53 Å². The van der Waals surface area contributed by atoms with Crippen LogP contribution in [0.25, 0.3) is 0 Å². The van der Waals surface area contributed by atoms with Gasteiger partial charge in [0.05, 0.1) is 0 Å². The molecule has 1 aliphatic carbocycles. The Morgan fingerprint density at radius 3 is 1.71 bits per heavy atom. The molecule has 1 fully saturated rings. The lowest BCUT2D eigenvalue weighted by Gasteiger charge is -2.18. The van der Waals surface area contributed by atoms with Gasteiger partial charge in [-0.25, -0.2) is 0 Å². The van der Waals surface area contributed by atoms with E-state index in [4.69, 9.17) is 16.3 Å². The SMILES string of the molecule is O=C(CCl)OC1CCCCCCCCCCC1. The van der Waals surface area contributed by atoms with E-state index in [-0.39, 0.29) is 18.0 Å². The molecule has 0 radical (unpaired) electrons. The Labute approximate surface area is 110 Å². The molecule has 0 saturated heterocycles. The summed E-state index contributed by atoms with van der Waals surface area (Å²) in [5.41, 5.74) is 0. The van der Waals surface area contributed by atoms with E-state index in [1.54, 1.807) is 0 Å². The van der Waals surface area contributed by atoms with Gasteiger partial charge in [0.15, 0.2) is 0 Å². The Kier molecular flexibility index (Phi) is 8.50. The van der Waals surface area contributed by atoms with Crippen molar-refractivity contribution in [3.63, 3.8) is 0 Å². The Balaban J connectivity index is 2.29. The van der Waals surface area contributed by atoms with Gasteiger partial charge in [0, 0.05) is 0 Å². The van der Waals surface area contributed by atoms with E-state index in [0.717, 1.165) is 12.8 Å². The smallest absolute Gasteiger partial charge is 0.321 e. The predicted octanol–water partition coefficient (Wildman–Crippen LogP) is 4.44. The molecule has 100 valence electrons. The van der Waals surface area contributed by atoms with Crippen LogP contribution < -0.4 is 0 Å². The Morgan fingerprint density at radius 2 is 1.29 bits per heavy atom. The highest BCUT2D eigenvalue weighted by molar-refractivity contribution is 6.26.